The number of hydrogen-bond acceptors (Lipinski definition) is 5. The highest BCUT2D eigenvalue weighted by atomic mass is 16.5. The molecule has 4 rings (SSSR count). The maximum Gasteiger partial charge on any atom is 0.411 e. The number of benzene rings is 2. The van der Waals surface area contributed by atoms with Gasteiger partial charge in [-0.3, -0.25) is 19.6 Å². The average Bonchev–Trinajstić information content (AvgIpc) is 3.37. The Morgan fingerprint density at radius 1 is 1.09 bits per heavy atom. The van der Waals surface area contributed by atoms with Crippen LogP contribution >= 0.6 is 0 Å². The van der Waals surface area contributed by atoms with E-state index >= 15 is 0 Å². The van der Waals surface area contributed by atoms with Crippen molar-refractivity contribution in [1.82, 2.24) is 15.1 Å². The van der Waals surface area contributed by atoms with E-state index in [1.807, 2.05) is 43.3 Å². The smallest absolute Gasteiger partial charge is 0.411 e. The Kier molecular flexibility index (Phi) is 7.14. The van der Waals surface area contributed by atoms with Crippen molar-refractivity contribution >= 4 is 23.7 Å². The monoisotopic (exact) mass is 476 g/mol. The molecule has 0 bridgehead atoms. The molecule has 0 radical (unpaired) electrons. The summed E-state index contributed by atoms with van der Waals surface area (Å²) in [5.74, 6) is -2.31. The zero-order valence-electron chi connectivity index (χ0n) is 19.7. The van der Waals surface area contributed by atoms with E-state index in [2.05, 4.69) is 27.9 Å². The maximum absolute atomic E-state index is 12.7. The fourth-order valence-corrected chi connectivity index (χ4v) is 4.45. The highest BCUT2D eigenvalue weighted by Crippen LogP contribution is 2.44. The highest BCUT2D eigenvalue weighted by Gasteiger charge is 2.29. The number of hydrogen-bond donors (Lipinski definition) is 3. The Labute approximate surface area is 203 Å². The highest BCUT2D eigenvalue weighted by molar-refractivity contribution is 6.01. The number of carbonyl (C=O) groups excluding carboxylic acids is 2. The van der Waals surface area contributed by atoms with Crippen LogP contribution in [0.1, 0.15) is 47.3 Å². The van der Waals surface area contributed by atoms with Crippen molar-refractivity contribution in [3.8, 4) is 11.1 Å². The average molecular weight is 477 g/mol. The summed E-state index contributed by atoms with van der Waals surface area (Å²) < 4.78 is 6.95. The van der Waals surface area contributed by atoms with Crippen LogP contribution in [-0.4, -0.2) is 46.0 Å². The lowest BCUT2D eigenvalue weighted by molar-refractivity contribution is -0.141. The molecule has 0 fully saturated rings. The normalized spacial score (nSPS) is 13.0. The van der Waals surface area contributed by atoms with Crippen LogP contribution in [0.25, 0.3) is 11.1 Å². The number of nitrogens with one attached hydrogen (secondary N) is 2. The van der Waals surface area contributed by atoms with Crippen LogP contribution in [0, 0.1) is 5.92 Å². The Balaban J connectivity index is 1.41. The van der Waals surface area contributed by atoms with Gasteiger partial charge in [-0.1, -0.05) is 61.9 Å². The second-order valence-electron chi connectivity index (χ2n) is 8.55. The van der Waals surface area contributed by atoms with E-state index in [-0.39, 0.29) is 30.5 Å². The lowest BCUT2D eigenvalue weighted by Gasteiger charge is -2.15. The molecule has 0 aliphatic heterocycles. The van der Waals surface area contributed by atoms with E-state index in [4.69, 9.17) is 4.74 Å². The van der Waals surface area contributed by atoms with Gasteiger partial charge in [-0.15, -0.1) is 0 Å². The third kappa shape index (κ3) is 5.18. The van der Waals surface area contributed by atoms with Crippen LogP contribution in [0.2, 0.25) is 0 Å². The maximum atomic E-state index is 12.7. The van der Waals surface area contributed by atoms with Gasteiger partial charge in [0.15, 0.2) is 5.69 Å². The summed E-state index contributed by atoms with van der Waals surface area (Å²) in [6, 6.07) is 16.1. The number of amides is 2. The van der Waals surface area contributed by atoms with Crippen LogP contribution in [0.4, 0.5) is 10.5 Å². The number of aryl methyl sites for hydroxylation is 1. The Morgan fingerprint density at radius 3 is 2.31 bits per heavy atom. The topological polar surface area (TPSA) is 123 Å². The predicted octanol–water partition coefficient (Wildman–Crippen LogP) is 4.01. The van der Waals surface area contributed by atoms with E-state index in [1.165, 1.54) is 10.9 Å². The Morgan fingerprint density at radius 2 is 1.71 bits per heavy atom. The summed E-state index contributed by atoms with van der Waals surface area (Å²) in [6.45, 7) is 1.99. The summed E-state index contributed by atoms with van der Waals surface area (Å²) in [6.07, 6.45) is 1.92. The fraction of sp³-hybridized carbons (Fsp3) is 0.308. The molecule has 2 amide bonds. The van der Waals surface area contributed by atoms with Gasteiger partial charge in [0.2, 0.25) is 0 Å². The molecule has 3 aromatic rings. The number of aliphatic carboxylic acids is 1. The molecule has 9 heteroatoms. The second kappa shape index (κ2) is 10.4. The molecule has 1 atom stereocenters. The van der Waals surface area contributed by atoms with Crippen molar-refractivity contribution < 1.29 is 24.2 Å². The molecule has 0 saturated heterocycles. The number of aromatic nitrogens is 2. The summed E-state index contributed by atoms with van der Waals surface area (Å²) >= 11 is 0. The third-order valence-corrected chi connectivity index (χ3v) is 6.12. The van der Waals surface area contributed by atoms with Gasteiger partial charge in [-0.25, -0.2) is 4.79 Å². The van der Waals surface area contributed by atoms with E-state index < -0.39 is 23.9 Å². The van der Waals surface area contributed by atoms with Crippen LogP contribution in [-0.2, 0) is 16.6 Å². The Bertz CT molecular complexity index is 1210. The molecule has 1 aliphatic carbocycles. The van der Waals surface area contributed by atoms with Gasteiger partial charge in [-0.2, -0.15) is 5.10 Å². The standard InChI is InChI=1S/C26H28N4O5/c1-3-8-16(25(32)33)13-27-24(31)23-22(14-30(2)29-23)28-26(34)35-15-21-19-11-6-4-9-17(19)18-10-5-7-12-20(18)21/h4-7,9-12,14,16,21H,3,8,13,15H2,1-2H3,(H,27,31)(H,28,34)(H,32,33). The van der Waals surface area contributed by atoms with E-state index in [1.54, 1.807) is 7.05 Å². The molecule has 0 saturated carbocycles. The number of carboxylic acid groups (broad SMARTS) is 1. The predicted molar refractivity (Wildman–Crippen MR) is 130 cm³/mol. The molecule has 3 N–H and O–H groups in total. The van der Waals surface area contributed by atoms with E-state index in [0.717, 1.165) is 22.3 Å². The zero-order chi connectivity index (χ0) is 24.9. The SMILES string of the molecule is CCCC(CNC(=O)c1nn(C)cc1NC(=O)OCC1c2ccccc2-c2ccccc21)C(=O)O. The van der Waals surface area contributed by atoms with Crippen LogP contribution in [0.15, 0.2) is 54.7 Å². The molecule has 0 spiro atoms. The minimum Gasteiger partial charge on any atom is -0.481 e. The van der Waals surface area contributed by atoms with Gasteiger partial charge >= 0.3 is 12.1 Å². The molecule has 182 valence electrons. The van der Waals surface area contributed by atoms with Crippen LogP contribution in [0.3, 0.4) is 0 Å². The minimum atomic E-state index is -0.967. The zero-order valence-corrected chi connectivity index (χ0v) is 19.7. The van der Waals surface area contributed by atoms with Gasteiger partial charge < -0.3 is 15.2 Å². The summed E-state index contributed by atoms with van der Waals surface area (Å²) in [4.78, 5) is 36.6. The third-order valence-electron chi connectivity index (χ3n) is 6.12. The first-order valence-corrected chi connectivity index (χ1v) is 11.6. The first-order chi connectivity index (χ1) is 16.9. The molecule has 1 unspecified atom stereocenters. The van der Waals surface area contributed by atoms with Gasteiger partial charge in [-0.05, 0) is 28.7 Å². The number of ether oxygens (including phenoxy) is 1. The van der Waals surface area contributed by atoms with Crippen molar-refractivity contribution in [2.24, 2.45) is 13.0 Å². The fourth-order valence-electron chi connectivity index (χ4n) is 4.45. The molecule has 35 heavy (non-hydrogen) atoms. The van der Waals surface area contributed by atoms with Gasteiger partial charge in [0.05, 0.1) is 11.6 Å². The van der Waals surface area contributed by atoms with Crippen LogP contribution < -0.4 is 10.6 Å². The minimum absolute atomic E-state index is 0.0124. The number of anilines is 1. The van der Waals surface area contributed by atoms with Crippen molar-refractivity contribution in [3.63, 3.8) is 0 Å². The molecule has 9 nitrogen and oxygen atoms in total. The molecule has 2 aromatic carbocycles. The summed E-state index contributed by atoms with van der Waals surface area (Å²) in [5.41, 5.74) is 4.63. The second-order valence-corrected chi connectivity index (χ2v) is 8.55. The van der Waals surface area contributed by atoms with Gasteiger partial charge in [0.1, 0.15) is 6.61 Å². The van der Waals surface area contributed by atoms with Crippen molar-refractivity contribution in [1.29, 1.82) is 0 Å². The van der Waals surface area contributed by atoms with Crippen LogP contribution in [0.5, 0.6) is 0 Å². The number of carbonyl (C=O) groups is 3. The summed E-state index contributed by atoms with van der Waals surface area (Å²) in [5, 5.41) is 18.6. The molecule has 1 aliphatic rings. The largest absolute Gasteiger partial charge is 0.481 e. The number of carboxylic acids is 1. The lowest BCUT2D eigenvalue weighted by atomic mass is 9.98. The molecular weight excluding hydrogens is 448 g/mol. The molecular formula is C26H28N4O5. The van der Waals surface area contributed by atoms with Crippen molar-refractivity contribution in [2.75, 3.05) is 18.5 Å². The van der Waals surface area contributed by atoms with Crippen molar-refractivity contribution in [2.45, 2.75) is 25.7 Å². The van der Waals surface area contributed by atoms with Gasteiger partial charge in [0, 0.05) is 25.7 Å². The van der Waals surface area contributed by atoms with E-state index in [0.29, 0.717) is 12.8 Å². The van der Waals surface area contributed by atoms with Crippen molar-refractivity contribution in [3.05, 3.63) is 71.5 Å². The lowest BCUT2D eigenvalue weighted by Crippen LogP contribution is -2.33. The van der Waals surface area contributed by atoms with E-state index in [9.17, 15) is 19.5 Å². The first kappa shape index (κ1) is 24.0. The number of nitrogens with zero attached hydrogens (tertiary/aromatic N) is 2. The molecule has 1 heterocycles. The quantitative estimate of drug-likeness (QED) is 0.429. The Hall–Kier alpha value is -4.14. The van der Waals surface area contributed by atoms with Gasteiger partial charge in [0.25, 0.3) is 5.91 Å². The summed E-state index contributed by atoms with van der Waals surface area (Å²) in [7, 11) is 1.62. The molecule has 1 aromatic heterocycles. The first-order valence-electron chi connectivity index (χ1n) is 11.6. The number of rotatable bonds is 9. The number of fused-ring (bicyclic) bond motifs is 3.